The maximum Gasteiger partial charge on any atom is 0.272 e. The molecule has 6 nitrogen and oxygen atoms in total. The number of aromatic nitrogens is 2. The highest BCUT2D eigenvalue weighted by atomic mass is 35.5. The first-order valence-corrected chi connectivity index (χ1v) is 9.79. The molecule has 1 atom stereocenters. The number of aromatic amines is 1. The van der Waals surface area contributed by atoms with E-state index in [0.29, 0.717) is 5.69 Å². The summed E-state index contributed by atoms with van der Waals surface area (Å²) < 4.78 is 0. The zero-order valence-electron chi connectivity index (χ0n) is 17.3. The fraction of sp³-hybridized carbons (Fsp3) is 0.364. The zero-order valence-corrected chi connectivity index (χ0v) is 18.9. The highest BCUT2D eigenvalue weighted by molar-refractivity contribution is 6.04. The third kappa shape index (κ3) is 5.73. The Hall–Kier alpha value is -2.12. The Balaban J connectivity index is 0.00000160. The Morgan fingerprint density at radius 2 is 1.93 bits per heavy atom. The van der Waals surface area contributed by atoms with Crippen LogP contribution in [0.5, 0.6) is 0 Å². The highest BCUT2D eigenvalue weighted by Crippen LogP contribution is 2.16. The van der Waals surface area contributed by atoms with E-state index in [1.165, 1.54) is 11.1 Å². The van der Waals surface area contributed by atoms with Crippen molar-refractivity contribution >= 4 is 41.6 Å². The van der Waals surface area contributed by atoms with Gasteiger partial charge in [0.2, 0.25) is 0 Å². The number of hydrogen-bond acceptors (Lipinski definition) is 4. The van der Waals surface area contributed by atoms with E-state index in [9.17, 15) is 4.79 Å². The smallest absolute Gasteiger partial charge is 0.272 e. The fourth-order valence-corrected chi connectivity index (χ4v) is 3.93. The van der Waals surface area contributed by atoms with Crippen molar-refractivity contribution < 1.29 is 4.79 Å². The first-order valence-electron chi connectivity index (χ1n) is 9.79. The van der Waals surface area contributed by atoms with Crippen molar-refractivity contribution in [3.63, 3.8) is 0 Å². The number of nitrogens with one attached hydrogen (secondary N) is 2. The Labute approximate surface area is 189 Å². The molecule has 1 aliphatic heterocycles. The average molecular weight is 450 g/mol. The topological polar surface area (TPSA) is 64.3 Å². The van der Waals surface area contributed by atoms with Crippen LogP contribution in [0.4, 0.5) is 0 Å². The van der Waals surface area contributed by atoms with Gasteiger partial charge in [-0.25, -0.2) is 0 Å². The van der Waals surface area contributed by atoms with Gasteiger partial charge in [-0.15, -0.1) is 24.8 Å². The van der Waals surface area contributed by atoms with Gasteiger partial charge in [0, 0.05) is 38.1 Å². The zero-order chi connectivity index (χ0) is 19.5. The number of halogens is 2. The predicted molar refractivity (Wildman–Crippen MR) is 126 cm³/mol. The predicted octanol–water partition coefficient (Wildman–Crippen LogP) is 3.26. The molecule has 2 aromatic carbocycles. The molecule has 0 unspecified atom stereocenters. The molecule has 1 aliphatic rings. The van der Waals surface area contributed by atoms with Gasteiger partial charge in [0.05, 0.1) is 11.6 Å². The lowest BCUT2D eigenvalue weighted by atomic mass is 10.1. The van der Waals surface area contributed by atoms with E-state index < -0.39 is 0 Å². The first kappa shape index (κ1) is 24.2. The second-order valence-corrected chi connectivity index (χ2v) is 7.77. The fourth-order valence-electron chi connectivity index (χ4n) is 3.93. The normalized spacial score (nSPS) is 17.6. The number of para-hydroxylation sites is 1. The maximum absolute atomic E-state index is 12.9. The number of carbonyl (C=O) groups excluding carboxylic acids is 1. The Bertz CT molecular complexity index is 977. The van der Waals surface area contributed by atoms with Gasteiger partial charge in [-0.2, -0.15) is 5.10 Å². The van der Waals surface area contributed by atoms with Crippen molar-refractivity contribution in [2.24, 2.45) is 0 Å². The molecule has 2 heterocycles. The SMILES string of the molecule is Cc1cccc(CN2CCN(C)C[C@@H](NC(=O)c3n[nH]c4ccccc34)C2)c1.Cl.Cl. The molecule has 1 saturated heterocycles. The lowest BCUT2D eigenvalue weighted by Gasteiger charge is -2.24. The number of amides is 1. The van der Waals surface area contributed by atoms with Crippen molar-refractivity contribution in [2.45, 2.75) is 19.5 Å². The molecule has 1 fully saturated rings. The third-order valence-electron chi connectivity index (χ3n) is 5.32. The standard InChI is InChI=1S/C22H27N5O.2ClH/c1-16-6-5-7-17(12-16)13-27-11-10-26(2)14-18(15-27)23-22(28)21-19-8-3-4-9-20(19)24-25-21;;/h3-9,12,18H,10-11,13-15H2,1-2H3,(H,23,28)(H,24,25);2*1H/t18-;;/m1../s1. The molecule has 1 amide bonds. The molecule has 30 heavy (non-hydrogen) atoms. The summed E-state index contributed by atoms with van der Waals surface area (Å²) >= 11 is 0. The minimum Gasteiger partial charge on any atom is -0.345 e. The van der Waals surface area contributed by atoms with Crippen LogP contribution in [-0.2, 0) is 6.54 Å². The number of rotatable bonds is 4. The first-order chi connectivity index (χ1) is 13.6. The minimum atomic E-state index is -0.117. The van der Waals surface area contributed by atoms with Crippen LogP contribution in [0, 0.1) is 6.92 Å². The number of likely N-dealkylation sites (N-methyl/N-ethyl adjacent to an activating group) is 1. The number of nitrogens with zero attached hydrogens (tertiary/aromatic N) is 3. The van der Waals surface area contributed by atoms with E-state index in [4.69, 9.17) is 0 Å². The lowest BCUT2D eigenvalue weighted by molar-refractivity contribution is 0.0920. The number of aryl methyl sites for hydroxylation is 1. The number of H-pyrrole nitrogens is 1. The number of fused-ring (bicyclic) bond motifs is 1. The van der Waals surface area contributed by atoms with E-state index in [2.05, 4.69) is 63.6 Å². The van der Waals surface area contributed by atoms with Gasteiger partial charge in [0.1, 0.15) is 0 Å². The summed E-state index contributed by atoms with van der Waals surface area (Å²) in [6, 6.07) is 16.4. The maximum atomic E-state index is 12.9. The van der Waals surface area contributed by atoms with Crippen LogP contribution in [-0.4, -0.2) is 65.2 Å². The summed E-state index contributed by atoms with van der Waals surface area (Å²) in [4.78, 5) is 17.6. The van der Waals surface area contributed by atoms with Crippen LogP contribution in [0.2, 0.25) is 0 Å². The number of carbonyl (C=O) groups is 1. The van der Waals surface area contributed by atoms with Crippen molar-refractivity contribution in [2.75, 3.05) is 33.2 Å². The van der Waals surface area contributed by atoms with Crippen LogP contribution in [0.1, 0.15) is 21.6 Å². The van der Waals surface area contributed by atoms with E-state index >= 15 is 0 Å². The Morgan fingerprint density at radius 3 is 2.73 bits per heavy atom. The molecule has 0 saturated carbocycles. The molecule has 2 N–H and O–H groups in total. The molecule has 0 bridgehead atoms. The van der Waals surface area contributed by atoms with Crippen molar-refractivity contribution in [1.82, 2.24) is 25.3 Å². The Morgan fingerprint density at radius 1 is 1.13 bits per heavy atom. The molecule has 8 heteroatoms. The molecular formula is C22H29Cl2N5O. The van der Waals surface area contributed by atoms with Gasteiger partial charge in [-0.05, 0) is 25.6 Å². The van der Waals surface area contributed by atoms with Crippen LogP contribution in [0.25, 0.3) is 10.9 Å². The van der Waals surface area contributed by atoms with Crippen LogP contribution in [0.15, 0.2) is 48.5 Å². The third-order valence-corrected chi connectivity index (χ3v) is 5.32. The molecule has 0 radical (unpaired) electrons. The second-order valence-electron chi connectivity index (χ2n) is 7.77. The minimum absolute atomic E-state index is 0. The van der Waals surface area contributed by atoms with E-state index in [0.717, 1.165) is 43.6 Å². The molecule has 0 spiro atoms. The number of hydrogen-bond donors (Lipinski definition) is 2. The Kier molecular flexibility index (Phi) is 8.67. The van der Waals surface area contributed by atoms with Crippen molar-refractivity contribution in [3.8, 4) is 0 Å². The largest absolute Gasteiger partial charge is 0.345 e. The van der Waals surface area contributed by atoms with E-state index in [-0.39, 0.29) is 36.8 Å². The highest BCUT2D eigenvalue weighted by Gasteiger charge is 2.24. The summed E-state index contributed by atoms with van der Waals surface area (Å²) in [5.41, 5.74) is 3.94. The van der Waals surface area contributed by atoms with Crippen LogP contribution >= 0.6 is 24.8 Å². The second kappa shape index (κ2) is 10.8. The summed E-state index contributed by atoms with van der Waals surface area (Å²) in [5.74, 6) is -0.117. The summed E-state index contributed by atoms with van der Waals surface area (Å²) in [7, 11) is 2.11. The molecular weight excluding hydrogens is 421 g/mol. The van der Waals surface area contributed by atoms with Crippen molar-refractivity contribution in [3.05, 3.63) is 65.4 Å². The van der Waals surface area contributed by atoms with Gasteiger partial charge < -0.3 is 10.2 Å². The molecule has 1 aromatic heterocycles. The van der Waals surface area contributed by atoms with E-state index in [1.54, 1.807) is 0 Å². The van der Waals surface area contributed by atoms with Gasteiger partial charge in [-0.1, -0.05) is 48.0 Å². The molecule has 162 valence electrons. The monoisotopic (exact) mass is 449 g/mol. The molecule has 0 aliphatic carbocycles. The quantitative estimate of drug-likeness (QED) is 0.641. The average Bonchev–Trinajstić information content (AvgIpc) is 3.02. The van der Waals surface area contributed by atoms with E-state index in [1.807, 2.05) is 24.3 Å². The molecule has 4 rings (SSSR count). The lowest BCUT2D eigenvalue weighted by Crippen LogP contribution is -2.46. The van der Waals surface area contributed by atoms with Crippen LogP contribution in [0.3, 0.4) is 0 Å². The van der Waals surface area contributed by atoms with Gasteiger partial charge in [0.25, 0.3) is 5.91 Å². The van der Waals surface area contributed by atoms with Crippen LogP contribution < -0.4 is 5.32 Å². The van der Waals surface area contributed by atoms with Gasteiger partial charge in [-0.3, -0.25) is 14.8 Å². The summed E-state index contributed by atoms with van der Waals surface area (Å²) in [6.07, 6.45) is 0. The van der Waals surface area contributed by atoms with Gasteiger partial charge >= 0.3 is 0 Å². The number of benzene rings is 2. The summed E-state index contributed by atoms with van der Waals surface area (Å²) in [6.45, 7) is 6.65. The molecule has 3 aromatic rings. The summed E-state index contributed by atoms with van der Waals surface area (Å²) in [5, 5.41) is 11.2. The van der Waals surface area contributed by atoms with Gasteiger partial charge in [0.15, 0.2) is 5.69 Å². The van der Waals surface area contributed by atoms with Crippen molar-refractivity contribution in [1.29, 1.82) is 0 Å².